The molecule has 2 fully saturated rings. The van der Waals surface area contributed by atoms with Gasteiger partial charge in [-0.25, -0.2) is 0 Å². The first-order valence-electron chi connectivity index (χ1n) is 6.17. The van der Waals surface area contributed by atoms with Crippen LogP contribution in [0.2, 0.25) is 0 Å². The van der Waals surface area contributed by atoms with Crippen LogP contribution in [0.5, 0.6) is 0 Å². The van der Waals surface area contributed by atoms with Gasteiger partial charge in [0.1, 0.15) is 0 Å². The van der Waals surface area contributed by atoms with Gasteiger partial charge in [0.15, 0.2) is 0 Å². The first-order valence-corrected chi connectivity index (χ1v) is 6.17. The van der Waals surface area contributed by atoms with E-state index in [9.17, 15) is 4.79 Å². The van der Waals surface area contributed by atoms with Crippen molar-refractivity contribution in [1.82, 2.24) is 4.90 Å². The molecule has 1 N–H and O–H groups in total. The number of carboxylic acid groups (broad SMARTS) is 1. The lowest BCUT2D eigenvalue weighted by Gasteiger charge is -2.46. The Morgan fingerprint density at radius 3 is 2.81 bits per heavy atom. The maximum Gasteiger partial charge on any atom is 0.303 e. The molecule has 1 aliphatic carbocycles. The summed E-state index contributed by atoms with van der Waals surface area (Å²) in [7, 11) is 1.79. The van der Waals surface area contributed by atoms with E-state index >= 15 is 0 Å². The topological polar surface area (TPSA) is 49.8 Å². The molecular weight excluding hydrogens is 206 g/mol. The SMILES string of the molecule is COC1CCCC(N2CC(CC(=O)O)C2)C1. The van der Waals surface area contributed by atoms with Crippen molar-refractivity contribution < 1.29 is 14.6 Å². The molecule has 0 bridgehead atoms. The molecule has 0 radical (unpaired) electrons. The van der Waals surface area contributed by atoms with Crippen LogP contribution in [-0.4, -0.2) is 48.3 Å². The molecule has 4 nitrogen and oxygen atoms in total. The van der Waals surface area contributed by atoms with E-state index in [1.54, 1.807) is 7.11 Å². The third-order valence-corrected chi connectivity index (χ3v) is 3.90. The van der Waals surface area contributed by atoms with Crippen molar-refractivity contribution in [2.75, 3.05) is 20.2 Å². The van der Waals surface area contributed by atoms with E-state index in [2.05, 4.69) is 4.90 Å². The first kappa shape index (κ1) is 11.9. The minimum atomic E-state index is -0.664. The van der Waals surface area contributed by atoms with E-state index in [1.165, 1.54) is 19.3 Å². The molecule has 0 amide bonds. The summed E-state index contributed by atoms with van der Waals surface area (Å²) in [6, 6.07) is 0.628. The Labute approximate surface area is 96.6 Å². The molecule has 2 rings (SSSR count). The van der Waals surface area contributed by atoms with Crippen LogP contribution in [0.1, 0.15) is 32.1 Å². The van der Waals surface area contributed by atoms with E-state index in [-0.39, 0.29) is 0 Å². The molecule has 4 heteroatoms. The fraction of sp³-hybridized carbons (Fsp3) is 0.917. The standard InChI is InChI=1S/C12H21NO3/c1-16-11-4-2-3-10(6-11)13-7-9(8-13)5-12(14)15/h9-11H,2-8H2,1H3,(H,14,15). The molecule has 1 aliphatic heterocycles. The smallest absolute Gasteiger partial charge is 0.303 e. The summed E-state index contributed by atoms with van der Waals surface area (Å²) in [6.07, 6.45) is 5.53. The van der Waals surface area contributed by atoms with Crippen LogP contribution in [0.25, 0.3) is 0 Å². The molecule has 2 atom stereocenters. The highest BCUT2D eigenvalue weighted by Crippen LogP contribution is 2.30. The Morgan fingerprint density at radius 1 is 1.44 bits per heavy atom. The molecule has 16 heavy (non-hydrogen) atoms. The van der Waals surface area contributed by atoms with Gasteiger partial charge in [0.2, 0.25) is 0 Å². The fourth-order valence-corrected chi connectivity index (χ4v) is 2.95. The number of carboxylic acids is 1. The van der Waals surface area contributed by atoms with Crippen LogP contribution in [0.3, 0.4) is 0 Å². The van der Waals surface area contributed by atoms with Crippen LogP contribution >= 0.6 is 0 Å². The maximum atomic E-state index is 10.5. The van der Waals surface area contributed by atoms with E-state index in [0.717, 1.165) is 19.5 Å². The number of nitrogens with zero attached hydrogens (tertiary/aromatic N) is 1. The van der Waals surface area contributed by atoms with E-state index in [0.29, 0.717) is 24.5 Å². The van der Waals surface area contributed by atoms with Crippen molar-refractivity contribution in [2.24, 2.45) is 5.92 Å². The summed E-state index contributed by atoms with van der Waals surface area (Å²) in [5, 5.41) is 8.69. The highest BCUT2D eigenvalue weighted by molar-refractivity contribution is 5.67. The van der Waals surface area contributed by atoms with E-state index < -0.39 is 5.97 Å². The van der Waals surface area contributed by atoms with Crippen molar-refractivity contribution in [3.05, 3.63) is 0 Å². The minimum absolute atomic E-state index is 0.330. The molecule has 0 aromatic heterocycles. The lowest BCUT2D eigenvalue weighted by molar-refractivity contribution is -0.140. The molecule has 1 heterocycles. The largest absolute Gasteiger partial charge is 0.481 e. The molecule has 0 aromatic carbocycles. The van der Waals surface area contributed by atoms with Gasteiger partial charge in [0.25, 0.3) is 0 Å². The predicted molar refractivity (Wildman–Crippen MR) is 60.4 cm³/mol. The van der Waals surface area contributed by atoms with Crippen molar-refractivity contribution in [3.8, 4) is 0 Å². The normalized spacial score (nSPS) is 32.3. The summed E-state index contributed by atoms with van der Waals surface area (Å²) in [6.45, 7) is 1.93. The number of hydrogen-bond acceptors (Lipinski definition) is 3. The second-order valence-corrected chi connectivity index (χ2v) is 5.10. The van der Waals surface area contributed by atoms with Crippen LogP contribution in [-0.2, 0) is 9.53 Å². The highest BCUT2D eigenvalue weighted by Gasteiger charge is 2.35. The monoisotopic (exact) mass is 227 g/mol. The average molecular weight is 227 g/mol. The zero-order valence-corrected chi connectivity index (χ0v) is 9.89. The van der Waals surface area contributed by atoms with Crippen LogP contribution < -0.4 is 0 Å². The molecule has 1 saturated carbocycles. The van der Waals surface area contributed by atoms with Crippen molar-refractivity contribution in [3.63, 3.8) is 0 Å². The summed E-state index contributed by atoms with van der Waals surface area (Å²) >= 11 is 0. The Morgan fingerprint density at radius 2 is 2.19 bits per heavy atom. The summed E-state index contributed by atoms with van der Waals surface area (Å²) < 4.78 is 5.41. The Hall–Kier alpha value is -0.610. The van der Waals surface area contributed by atoms with Gasteiger partial charge >= 0.3 is 5.97 Å². The van der Waals surface area contributed by atoms with Gasteiger partial charge in [-0.05, 0) is 31.6 Å². The first-order chi connectivity index (χ1) is 7.69. The number of likely N-dealkylation sites (tertiary alicyclic amines) is 1. The molecule has 2 unspecified atom stereocenters. The molecule has 92 valence electrons. The van der Waals surface area contributed by atoms with E-state index in [1.807, 2.05) is 0 Å². The number of rotatable bonds is 4. The zero-order valence-electron chi connectivity index (χ0n) is 9.89. The summed E-state index contributed by atoms with van der Waals surface area (Å²) in [5.41, 5.74) is 0. The van der Waals surface area contributed by atoms with Crippen LogP contribution in [0, 0.1) is 5.92 Å². The Bertz CT molecular complexity index is 251. The fourth-order valence-electron chi connectivity index (χ4n) is 2.95. The zero-order chi connectivity index (χ0) is 11.5. The number of ether oxygens (including phenoxy) is 1. The van der Waals surface area contributed by atoms with Crippen LogP contribution in [0.4, 0.5) is 0 Å². The molecule has 0 spiro atoms. The summed E-state index contributed by atoms with van der Waals surface area (Å²) in [4.78, 5) is 13.0. The maximum absolute atomic E-state index is 10.5. The third kappa shape index (κ3) is 2.74. The van der Waals surface area contributed by atoms with Gasteiger partial charge in [-0.15, -0.1) is 0 Å². The van der Waals surface area contributed by atoms with Gasteiger partial charge in [0.05, 0.1) is 12.5 Å². The van der Waals surface area contributed by atoms with E-state index in [4.69, 9.17) is 9.84 Å². The molecule has 2 aliphatic rings. The van der Waals surface area contributed by atoms with Gasteiger partial charge in [-0.1, -0.05) is 0 Å². The summed E-state index contributed by atoms with van der Waals surface area (Å²) in [5.74, 6) is -0.288. The number of methoxy groups -OCH3 is 1. The van der Waals surface area contributed by atoms with Gasteiger partial charge in [0, 0.05) is 26.2 Å². The average Bonchev–Trinajstić information content (AvgIpc) is 2.22. The molecule has 0 aromatic rings. The quantitative estimate of drug-likeness (QED) is 0.787. The predicted octanol–water partition coefficient (Wildman–Crippen LogP) is 1.35. The Balaban J connectivity index is 1.72. The van der Waals surface area contributed by atoms with Crippen molar-refractivity contribution >= 4 is 5.97 Å². The molecular formula is C12H21NO3. The second kappa shape index (κ2) is 5.15. The van der Waals surface area contributed by atoms with Gasteiger partial charge in [-0.3, -0.25) is 9.69 Å². The lowest BCUT2D eigenvalue weighted by Crippen LogP contribution is -2.54. The number of carbonyl (C=O) groups is 1. The highest BCUT2D eigenvalue weighted by atomic mass is 16.5. The molecule has 1 saturated heterocycles. The van der Waals surface area contributed by atoms with Crippen molar-refractivity contribution in [1.29, 1.82) is 0 Å². The Kier molecular flexibility index (Phi) is 3.82. The van der Waals surface area contributed by atoms with Gasteiger partial charge < -0.3 is 9.84 Å². The second-order valence-electron chi connectivity index (χ2n) is 5.10. The van der Waals surface area contributed by atoms with Crippen molar-refractivity contribution in [2.45, 2.75) is 44.2 Å². The third-order valence-electron chi connectivity index (χ3n) is 3.90. The number of aliphatic carboxylic acids is 1. The lowest BCUT2D eigenvalue weighted by atomic mass is 9.86. The number of hydrogen-bond donors (Lipinski definition) is 1. The minimum Gasteiger partial charge on any atom is -0.481 e. The van der Waals surface area contributed by atoms with Gasteiger partial charge in [-0.2, -0.15) is 0 Å². The van der Waals surface area contributed by atoms with Crippen LogP contribution in [0.15, 0.2) is 0 Å².